The number of hydrogen-bond donors (Lipinski definition) is 1. The number of halogens is 2. The zero-order valence-corrected chi connectivity index (χ0v) is 19.0. The van der Waals surface area contributed by atoms with E-state index >= 15 is 0 Å². The van der Waals surface area contributed by atoms with E-state index in [0.717, 1.165) is 24.7 Å². The van der Waals surface area contributed by atoms with Crippen molar-refractivity contribution in [2.24, 2.45) is 0 Å². The van der Waals surface area contributed by atoms with Crippen molar-refractivity contribution in [2.75, 3.05) is 13.7 Å². The smallest absolute Gasteiger partial charge is 0.0595 e. The minimum absolute atomic E-state index is 0. The first-order chi connectivity index (χ1) is 11.2. The van der Waals surface area contributed by atoms with Crippen molar-refractivity contribution in [2.45, 2.75) is 18.7 Å². The predicted molar refractivity (Wildman–Crippen MR) is 101 cm³/mol. The van der Waals surface area contributed by atoms with E-state index in [0.29, 0.717) is 23.2 Å². The van der Waals surface area contributed by atoms with Crippen molar-refractivity contribution in [3.63, 3.8) is 0 Å². The van der Waals surface area contributed by atoms with Gasteiger partial charge in [0.15, 0.2) is 0 Å². The van der Waals surface area contributed by atoms with Gasteiger partial charge in [0.25, 0.3) is 0 Å². The van der Waals surface area contributed by atoms with Crippen LogP contribution in [0.1, 0.15) is 23.2 Å². The van der Waals surface area contributed by atoms with E-state index < -0.39 is 0 Å². The van der Waals surface area contributed by atoms with Crippen LogP contribution >= 0.6 is 32.4 Å². The predicted octanol–water partition coefficient (Wildman–Crippen LogP) is 5.41. The number of hydroxylamine groups is 1. The molecular formula is C17H21Cl2NO2PY-. The van der Waals surface area contributed by atoms with E-state index in [2.05, 4.69) is 14.7 Å². The molecular weight excluding hydrogens is 441 g/mol. The fourth-order valence-electron chi connectivity index (χ4n) is 1.86. The zero-order valence-electron chi connectivity index (χ0n) is 13.5. The van der Waals surface area contributed by atoms with Crippen LogP contribution in [-0.4, -0.2) is 18.8 Å². The van der Waals surface area contributed by atoms with Gasteiger partial charge in [0, 0.05) is 39.8 Å². The van der Waals surface area contributed by atoms with E-state index in [1.165, 1.54) is 0 Å². The number of benzene rings is 2. The Kier molecular flexibility index (Phi) is 14.9. The summed E-state index contributed by atoms with van der Waals surface area (Å²) in [4.78, 5) is 5.32. The number of rotatable bonds is 7. The van der Waals surface area contributed by atoms with Crippen LogP contribution in [0.25, 0.3) is 5.48 Å². The molecule has 0 aliphatic carbocycles. The molecule has 129 valence electrons. The van der Waals surface area contributed by atoms with Crippen LogP contribution < -0.4 is 0 Å². The van der Waals surface area contributed by atoms with Crippen LogP contribution in [0, 0.1) is 0 Å². The fourth-order valence-corrected chi connectivity index (χ4v) is 2.52. The van der Waals surface area contributed by atoms with E-state index in [-0.39, 0.29) is 38.4 Å². The standard InChI is InChI=1S/C16H17Cl2NOP.CH4O.Y/c17-14-7-6-13(10-15(14)18)16(21)8-9-19-20-11-12-4-2-1-3-5-12;1-2;/h1-7,10,16H,8-9,11,21H2;2H,1H3;/q-1;;. The molecule has 0 aliphatic rings. The Morgan fingerprint density at radius 3 is 2.38 bits per heavy atom. The molecule has 0 aromatic heterocycles. The first-order valence-corrected chi connectivity index (χ1v) is 8.57. The van der Waals surface area contributed by atoms with Crippen molar-refractivity contribution < 1.29 is 42.7 Å². The molecule has 24 heavy (non-hydrogen) atoms. The maximum absolute atomic E-state index is 7.00. The van der Waals surface area contributed by atoms with Gasteiger partial charge >= 0.3 is 0 Å². The second-order valence-corrected chi connectivity index (χ2v) is 6.30. The summed E-state index contributed by atoms with van der Waals surface area (Å²) in [6.45, 7) is 1.15. The van der Waals surface area contributed by atoms with Gasteiger partial charge in [-0.15, -0.1) is 15.8 Å². The van der Waals surface area contributed by atoms with Gasteiger partial charge in [0.2, 0.25) is 0 Å². The first-order valence-electron chi connectivity index (χ1n) is 7.15. The molecule has 2 aromatic carbocycles. The molecule has 2 aromatic rings. The summed E-state index contributed by atoms with van der Waals surface area (Å²) < 4.78 is 0. The maximum atomic E-state index is 7.00. The molecule has 0 fully saturated rings. The Hall–Kier alpha value is 0.434. The topological polar surface area (TPSA) is 43.6 Å². The van der Waals surface area contributed by atoms with E-state index in [1.807, 2.05) is 48.5 Å². The van der Waals surface area contributed by atoms with Gasteiger partial charge in [-0.3, -0.25) is 0 Å². The quantitative estimate of drug-likeness (QED) is 0.340. The number of aliphatic hydroxyl groups excluding tert-OH is 1. The second-order valence-electron chi connectivity index (χ2n) is 4.68. The average molecular weight is 462 g/mol. The third-order valence-corrected chi connectivity index (χ3v) is 4.53. The number of aliphatic hydroxyl groups is 1. The summed E-state index contributed by atoms with van der Waals surface area (Å²) in [5.41, 5.74) is 6.63. The molecule has 0 bridgehead atoms. The van der Waals surface area contributed by atoms with Crippen LogP contribution in [0.2, 0.25) is 10.0 Å². The van der Waals surface area contributed by atoms with Gasteiger partial charge in [0.1, 0.15) is 0 Å². The first kappa shape index (κ1) is 24.4. The Morgan fingerprint density at radius 1 is 1.08 bits per heavy atom. The molecule has 1 radical (unpaired) electrons. The van der Waals surface area contributed by atoms with Crippen molar-refractivity contribution in [1.82, 2.24) is 0 Å². The molecule has 7 heteroatoms. The largest absolute Gasteiger partial charge is 0.534 e. The summed E-state index contributed by atoms with van der Waals surface area (Å²) in [6, 6.07) is 15.7. The molecule has 0 saturated carbocycles. The van der Waals surface area contributed by atoms with Crippen molar-refractivity contribution in [1.29, 1.82) is 0 Å². The summed E-state index contributed by atoms with van der Waals surface area (Å²) in [5, 5.41) is 8.16. The second kappa shape index (κ2) is 14.6. The molecule has 0 amide bonds. The summed E-state index contributed by atoms with van der Waals surface area (Å²) in [7, 11) is 3.80. The van der Waals surface area contributed by atoms with Crippen molar-refractivity contribution in [3.05, 3.63) is 75.2 Å². The molecule has 2 unspecified atom stereocenters. The minimum Gasteiger partial charge on any atom is -0.534 e. The number of hydrogen-bond acceptors (Lipinski definition) is 2. The van der Waals surface area contributed by atoms with Crippen molar-refractivity contribution in [3.8, 4) is 0 Å². The van der Waals surface area contributed by atoms with Gasteiger partial charge in [0.05, 0.1) is 16.7 Å². The molecule has 1 N–H and O–H groups in total. The zero-order chi connectivity index (χ0) is 17.1. The SMILES string of the molecule is CO.PC(CC[N-]OCc1ccccc1)c1ccc(Cl)c(Cl)c1.[Y]. The molecule has 2 rings (SSSR count). The van der Waals surface area contributed by atoms with Crippen molar-refractivity contribution >= 4 is 32.4 Å². The Bertz CT molecular complexity index is 576. The van der Waals surface area contributed by atoms with Gasteiger partial charge < -0.3 is 15.4 Å². The van der Waals surface area contributed by atoms with Gasteiger partial charge in [-0.1, -0.05) is 66.0 Å². The van der Waals surface area contributed by atoms with Gasteiger partial charge in [-0.2, -0.15) is 0 Å². The minimum atomic E-state index is 0. The van der Waals surface area contributed by atoms with Crippen LogP contribution in [-0.2, 0) is 44.2 Å². The average Bonchev–Trinajstić information content (AvgIpc) is 2.59. The third-order valence-electron chi connectivity index (χ3n) is 3.07. The fraction of sp³-hybridized carbons (Fsp3) is 0.294. The van der Waals surface area contributed by atoms with E-state index in [4.69, 9.17) is 33.1 Å². The molecule has 2 atom stereocenters. The molecule has 3 nitrogen and oxygen atoms in total. The molecule has 0 aliphatic heterocycles. The summed E-state index contributed by atoms with van der Waals surface area (Å²) in [5.74, 6) is 0. The van der Waals surface area contributed by atoms with Gasteiger partial charge in [-0.05, 0) is 28.9 Å². The van der Waals surface area contributed by atoms with Crippen LogP contribution in [0.3, 0.4) is 0 Å². The van der Waals surface area contributed by atoms with Gasteiger partial charge in [-0.25, -0.2) is 0 Å². The van der Waals surface area contributed by atoms with Crippen LogP contribution in [0.15, 0.2) is 48.5 Å². The van der Waals surface area contributed by atoms with E-state index in [1.54, 1.807) is 0 Å². The van der Waals surface area contributed by atoms with E-state index in [9.17, 15) is 0 Å². The van der Waals surface area contributed by atoms with Crippen LogP contribution in [0.5, 0.6) is 0 Å². The third kappa shape index (κ3) is 9.22. The number of nitrogens with zero attached hydrogens (tertiary/aromatic N) is 1. The normalized spacial score (nSPS) is 11.0. The maximum Gasteiger partial charge on any atom is 0.0595 e. The molecule has 0 heterocycles. The monoisotopic (exact) mass is 461 g/mol. The summed E-state index contributed by atoms with van der Waals surface area (Å²) in [6.07, 6.45) is 0.872. The molecule has 0 spiro atoms. The Labute approximate surface area is 181 Å². The summed E-state index contributed by atoms with van der Waals surface area (Å²) >= 11 is 11.9. The molecule has 0 saturated heterocycles. The Morgan fingerprint density at radius 2 is 1.75 bits per heavy atom. The Balaban J connectivity index is 0.00000170. The van der Waals surface area contributed by atoms with Crippen LogP contribution in [0.4, 0.5) is 0 Å².